The van der Waals surface area contributed by atoms with Crippen molar-refractivity contribution in [3.63, 3.8) is 0 Å². The second kappa shape index (κ2) is 4.39. The molecule has 27 heavy (non-hydrogen) atoms. The van der Waals surface area contributed by atoms with E-state index >= 15 is 0 Å². The fourth-order valence-electron chi connectivity index (χ4n) is 9.58. The highest BCUT2D eigenvalue weighted by Gasteiger charge is 2.74. The van der Waals surface area contributed by atoms with Gasteiger partial charge in [-0.15, -0.1) is 0 Å². The number of rotatable bonds is 0. The Labute approximate surface area is 161 Å². The van der Waals surface area contributed by atoms with E-state index in [2.05, 4.69) is 19.9 Å². The van der Waals surface area contributed by atoms with E-state index in [-0.39, 0.29) is 22.4 Å². The summed E-state index contributed by atoms with van der Waals surface area (Å²) in [6.45, 7) is 5.00. The summed E-state index contributed by atoms with van der Waals surface area (Å²) in [6, 6.07) is 0. The standard InChI is InChI=1S/C24H30O3/c1-22-6-3-16-21(15(22)4-7-24(22)8-5-20(26)27-24)13-9-12(13)18-11-19(25)14-10-17(14)23(16,18)2/h11-17,21H,3-10H2,1-2H3/t12-,13?,14?,15?,16?,17?,21?,22?,23?,24?/m0/s1. The third kappa shape index (κ3) is 1.58. The molecule has 5 saturated carbocycles. The Morgan fingerprint density at radius 2 is 1.78 bits per heavy atom. The molecule has 6 aliphatic carbocycles. The van der Waals surface area contributed by atoms with Crippen LogP contribution in [0.25, 0.3) is 0 Å². The summed E-state index contributed by atoms with van der Waals surface area (Å²) in [5.41, 5.74) is 1.86. The van der Waals surface area contributed by atoms with E-state index < -0.39 is 0 Å². The lowest BCUT2D eigenvalue weighted by atomic mass is 9.46. The van der Waals surface area contributed by atoms with Gasteiger partial charge >= 0.3 is 5.97 Å². The van der Waals surface area contributed by atoms with Crippen molar-refractivity contribution in [2.75, 3.05) is 0 Å². The molecule has 0 aromatic rings. The first-order chi connectivity index (χ1) is 12.9. The Balaban J connectivity index is 1.31. The molecular formula is C24H30O3. The van der Waals surface area contributed by atoms with Gasteiger partial charge in [0.05, 0.1) is 0 Å². The van der Waals surface area contributed by atoms with Crippen LogP contribution in [0.5, 0.6) is 0 Å². The Kier molecular flexibility index (Phi) is 2.56. The number of fused-ring (bicyclic) bond motifs is 11. The van der Waals surface area contributed by atoms with Crippen LogP contribution < -0.4 is 0 Å². The number of carbonyl (C=O) groups excluding carboxylic acids is 2. The first-order valence-corrected chi connectivity index (χ1v) is 11.4. The van der Waals surface area contributed by atoms with Gasteiger partial charge in [0.25, 0.3) is 0 Å². The zero-order valence-corrected chi connectivity index (χ0v) is 16.5. The minimum Gasteiger partial charge on any atom is -0.458 e. The number of ether oxygens (including phenoxy) is 1. The average molecular weight is 367 g/mol. The molecule has 7 aliphatic rings. The lowest BCUT2D eigenvalue weighted by Crippen LogP contribution is -2.56. The predicted octanol–water partition coefficient (Wildman–Crippen LogP) is 4.31. The minimum atomic E-state index is -0.161. The van der Waals surface area contributed by atoms with Crippen molar-refractivity contribution in [2.24, 2.45) is 52.3 Å². The van der Waals surface area contributed by atoms with Crippen molar-refractivity contribution in [3.05, 3.63) is 11.6 Å². The molecule has 0 amide bonds. The lowest BCUT2D eigenvalue weighted by Gasteiger charge is -2.59. The van der Waals surface area contributed by atoms with Gasteiger partial charge in [-0.25, -0.2) is 0 Å². The molecule has 0 aromatic carbocycles. The third-order valence-corrected chi connectivity index (χ3v) is 11.0. The molecule has 10 atom stereocenters. The van der Waals surface area contributed by atoms with Crippen LogP contribution in [0.4, 0.5) is 0 Å². The largest absolute Gasteiger partial charge is 0.458 e. The van der Waals surface area contributed by atoms with Gasteiger partial charge in [0.1, 0.15) is 5.60 Å². The topological polar surface area (TPSA) is 43.4 Å². The van der Waals surface area contributed by atoms with E-state index in [1.54, 1.807) is 5.57 Å². The maximum Gasteiger partial charge on any atom is 0.306 e. The zero-order valence-electron chi connectivity index (χ0n) is 16.5. The van der Waals surface area contributed by atoms with Crippen LogP contribution in [0.15, 0.2) is 11.6 Å². The van der Waals surface area contributed by atoms with Crippen LogP contribution >= 0.6 is 0 Å². The summed E-state index contributed by atoms with van der Waals surface area (Å²) in [5, 5.41) is 0. The summed E-state index contributed by atoms with van der Waals surface area (Å²) >= 11 is 0. The molecule has 1 spiro atoms. The Bertz CT molecular complexity index is 827. The molecule has 1 saturated heterocycles. The molecule has 1 aliphatic heterocycles. The second-order valence-electron chi connectivity index (χ2n) is 11.5. The van der Waals surface area contributed by atoms with Crippen LogP contribution in [0.3, 0.4) is 0 Å². The van der Waals surface area contributed by atoms with Gasteiger partial charge in [0.15, 0.2) is 5.78 Å². The summed E-state index contributed by atoms with van der Waals surface area (Å²) in [4.78, 5) is 24.5. The number of hydrogen-bond acceptors (Lipinski definition) is 3. The molecular weight excluding hydrogens is 336 g/mol. The third-order valence-electron chi connectivity index (χ3n) is 11.0. The van der Waals surface area contributed by atoms with Crippen LogP contribution in [-0.2, 0) is 14.3 Å². The predicted molar refractivity (Wildman–Crippen MR) is 99.5 cm³/mol. The molecule has 0 bridgehead atoms. The van der Waals surface area contributed by atoms with Crippen molar-refractivity contribution in [1.29, 1.82) is 0 Å². The molecule has 3 nitrogen and oxygen atoms in total. The molecule has 144 valence electrons. The fraction of sp³-hybridized carbons (Fsp3) is 0.833. The molecule has 6 fully saturated rings. The highest BCUT2D eigenvalue weighted by molar-refractivity contribution is 5.96. The molecule has 0 aromatic heterocycles. The number of hydrogen-bond donors (Lipinski definition) is 0. The van der Waals surface area contributed by atoms with Gasteiger partial charge in [0, 0.05) is 17.8 Å². The van der Waals surface area contributed by atoms with Gasteiger partial charge in [-0.3, -0.25) is 9.59 Å². The number of ketones is 1. The highest BCUT2D eigenvalue weighted by Crippen LogP contribution is 2.79. The SMILES string of the molecule is CC12C(=CC(=O)C3CC31)[C@H]1CC1C1C2CCC2(C)C1CCC21CCC(=O)O1. The zero-order chi connectivity index (χ0) is 18.3. The van der Waals surface area contributed by atoms with E-state index in [1.807, 2.05) is 0 Å². The van der Waals surface area contributed by atoms with Gasteiger partial charge in [-0.05, 0) is 91.9 Å². The van der Waals surface area contributed by atoms with Crippen molar-refractivity contribution >= 4 is 11.8 Å². The molecule has 9 unspecified atom stereocenters. The second-order valence-corrected chi connectivity index (χ2v) is 11.5. The van der Waals surface area contributed by atoms with E-state index in [0.717, 1.165) is 37.0 Å². The molecule has 7 rings (SSSR count). The first-order valence-electron chi connectivity index (χ1n) is 11.4. The molecule has 3 heteroatoms. The Morgan fingerprint density at radius 3 is 2.56 bits per heavy atom. The minimum absolute atomic E-state index is 0.0377. The quantitative estimate of drug-likeness (QED) is 0.600. The van der Waals surface area contributed by atoms with E-state index in [0.29, 0.717) is 35.9 Å². The maximum atomic E-state index is 12.5. The average Bonchev–Trinajstić information content (AvgIpc) is 3.53. The Morgan fingerprint density at radius 1 is 0.963 bits per heavy atom. The van der Waals surface area contributed by atoms with Crippen molar-refractivity contribution in [1.82, 2.24) is 0 Å². The monoisotopic (exact) mass is 366 g/mol. The van der Waals surface area contributed by atoms with E-state index in [9.17, 15) is 9.59 Å². The molecule has 0 N–H and O–H groups in total. The van der Waals surface area contributed by atoms with Crippen molar-refractivity contribution < 1.29 is 14.3 Å². The Hall–Kier alpha value is -1.12. The first kappa shape index (κ1) is 15.8. The summed E-state index contributed by atoms with van der Waals surface area (Å²) in [5.74, 6) is 5.19. The van der Waals surface area contributed by atoms with Crippen molar-refractivity contribution in [3.8, 4) is 0 Å². The van der Waals surface area contributed by atoms with E-state index in [1.165, 1.54) is 25.7 Å². The fourth-order valence-corrected chi connectivity index (χ4v) is 9.58. The van der Waals surface area contributed by atoms with Crippen LogP contribution in [0, 0.1) is 52.3 Å². The van der Waals surface area contributed by atoms with Gasteiger partial charge in [-0.2, -0.15) is 0 Å². The number of carbonyl (C=O) groups is 2. The normalized spacial score (nSPS) is 62.0. The van der Waals surface area contributed by atoms with E-state index in [4.69, 9.17) is 4.74 Å². The van der Waals surface area contributed by atoms with Gasteiger partial charge in [0.2, 0.25) is 0 Å². The van der Waals surface area contributed by atoms with Crippen LogP contribution in [0.2, 0.25) is 0 Å². The van der Waals surface area contributed by atoms with Crippen LogP contribution in [0.1, 0.15) is 65.2 Å². The summed E-state index contributed by atoms with van der Waals surface area (Å²) in [7, 11) is 0. The van der Waals surface area contributed by atoms with Gasteiger partial charge < -0.3 is 4.74 Å². The molecule has 1 heterocycles. The van der Waals surface area contributed by atoms with Crippen LogP contribution in [-0.4, -0.2) is 17.4 Å². The highest BCUT2D eigenvalue weighted by atomic mass is 16.6. The lowest BCUT2D eigenvalue weighted by molar-refractivity contribution is -0.169. The maximum absolute atomic E-state index is 12.5. The summed E-state index contributed by atoms with van der Waals surface area (Å²) in [6.07, 6.45) is 10.9. The van der Waals surface area contributed by atoms with Gasteiger partial charge in [-0.1, -0.05) is 19.4 Å². The molecule has 0 radical (unpaired) electrons. The summed E-state index contributed by atoms with van der Waals surface area (Å²) < 4.78 is 6.09. The number of esters is 1. The van der Waals surface area contributed by atoms with Crippen molar-refractivity contribution in [2.45, 2.75) is 70.8 Å². The smallest absolute Gasteiger partial charge is 0.306 e. The number of allylic oxidation sites excluding steroid dienone is 1.